The molecule has 0 amide bonds. The van der Waals surface area contributed by atoms with Crippen LogP contribution in [0.1, 0.15) is 16.1 Å². The zero-order valence-electron chi connectivity index (χ0n) is 12.0. The van der Waals surface area contributed by atoms with Crippen molar-refractivity contribution in [2.45, 2.75) is 0 Å². The molecule has 0 spiro atoms. The number of methoxy groups -OCH3 is 2. The summed E-state index contributed by atoms with van der Waals surface area (Å²) < 4.78 is 10.3. The summed E-state index contributed by atoms with van der Waals surface area (Å²) in [5, 5.41) is 0.616. The first kappa shape index (κ1) is 16.3. The van der Waals surface area contributed by atoms with Gasteiger partial charge in [0, 0.05) is 6.07 Å². The third-order valence-electron chi connectivity index (χ3n) is 2.91. The number of aromatic nitrogens is 1. The Morgan fingerprint density at radius 2 is 1.77 bits per heavy atom. The molecule has 0 atom stereocenters. The summed E-state index contributed by atoms with van der Waals surface area (Å²) in [4.78, 5) is 16.4. The average Bonchev–Trinajstić information content (AvgIpc) is 2.52. The number of rotatable bonds is 5. The van der Waals surface area contributed by atoms with Crippen LogP contribution in [0.15, 0.2) is 36.5 Å². The summed E-state index contributed by atoms with van der Waals surface area (Å²) >= 11 is 12.0. The Morgan fingerprint density at radius 3 is 2.36 bits per heavy atom. The summed E-state index contributed by atoms with van der Waals surface area (Å²) in [5.74, 6) is 0.743. The highest BCUT2D eigenvalue weighted by Crippen LogP contribution is 2.27. The molecule has 0 saturated heterocycles. The second kappa shape index (κ2) is 7.29. The van der Waals surface area contributed by atoms with Crippen molar-refractivity contribution in [3.05, 3.63) is 57.8 Å². The third kappa shape index (κ3) is 3.59. The fourth-order valence-corrected chi connectivity index (χ4v) is 2.40. The van der Waals surface area contributed by atoms with Gasteiger partial charge in [-0.25, -0.2) is 0 Å². The highest BCUT2D eigenvalue weighted by molar-refractivity contribution is 6.40. The zero-order valence-corrected chi connectivity index (χ0v) is 13.5. The number of hydrogen-bond donors (Lipinski definition) is 0. The lowest BCUT2D eigenvalue weighted by Gasteiger charge is -2.07. The van der Waals surface area contributed by atoms with Gasteiger partial charge in [0.1, 0.15) is 0 Å². The lowest BCUT2D eigenvalue weighted by Crippen LogP contribution is -1.97. The lowest BCUT2D eigenvalue weighted by molar-refractivity contribution is 0.104. The number of allylic oxidation sites excluding steroid dienone is 1. The van der Waals surface area contributed by atoms with E-state index in [4.69, 9.17) is 32.7 Å². The maximum atomic E-state index is 12.2. The van der Waals surface area contributed by atoms with E-state index in [1.807, 2.05) is 0 Å². The van der Waals surface area contributed by atoms with Crippen LogP contribution in [-0.2, 0) is 0 Å². The van der Waals surface area contributed by atoms with E-state index >= 15 is 0 Å². The van der Waals surface area contributed by atoms with Gasteiger partial charge in [0.05, 0.1) is 41.7 Å². The van der Waals surface area contributed by atoms with Crippen LogP contribution in [0, 0.1) is 0 Å². The topological polar surface area (TPSA) is 48.4 Å². The summed E-state index contributed by atoms with van der Waals surface area (Å²) in [5.41, 5.74) is 0.816. The molecule has 1 aromatic carbocycles. The van der Waals surface area contributed by atoms with E-state index in [1.165, 1.54) is 26.5 Å². The van der Waals surface area contributed by atoms with E-state index in [0.29, 0.717) is 27.2 Å². The van der Waals surface area contributed by atoms with Crippen LogP contribution in [0.5, 0.6) is 11.5 Å². The van der Waals surface area contributed by atoms with Crippen molar-refractivity contribution >= 4 is 35.1 Å². The second-order valence-corrected chi connectivity index (χ2v) is 5.07. The molecule has 0 bridgehead atoms. The highest BCUT2D eigenvalue weighted by Gasteiger charge is 2.12. The van der Waals surface area contributed by atoms with Crippen molar-refractivity contribution in [1.29, 1.82) is 0 Å². The molecule has 114 valence electrons. The normalized spacial score (nSPS) is 10.7. The van der Waals surface area contributed by atoms with Crippen molar-refractivity contribution in [2.24, 2.45) is 0 Å². The molecule has 1 aromatic heterocycles. The molecule has 2 rings (SSSR count). The number of benzene rings is 1. The van der Waals surface area contributed by atoms with Gasteiger partial charge in [0.15, 0.2) is 17.3 Å². The first-order valence-electron chi connectivity index (χ1n) is 6.31. The van der Waals surface area contributed by atoms with Gasteiger partial charge < -0.3 is 9.47 Å². The fourth-order valence-electron chi connectivity index (χ4n) is 1.82. The zero-order chi connectivity index (χ0) is 16.1. The van der Waals surface area contributed by atoms with E-state index in [0.717, 1.165) is 0 Å². The summed E-state index contributed by atoms with van der Waals surface area (Å²) in [7, 11) is 3.05. The molecule has 2 aromatic rings. The monoisotopic (exact) mass is 337 g/mol. The van der Waals surface area contributed by atoms with Crippen LogP contribution in [0.4, 0.5) is 0 Å². The molecule has 22 heavy (non-hydrogen) atoms. The van der Waals surface area contributed by atoms with E-state index in [1.54, 1.807) is 30.3 Å². The first-order chi connectivity index (χ1) is 10.6. The van der Waals surface area contributed by atoms with Crippen molar-refractivity contribution in [3.8, 4) is 11.5 Å². The number of halogens is 2. The molecular weight excluding hydrogens is 325 g/mol. The Morgan fingerprint density at radius 1 is 1.14 bits per heavy atom. The maximum Gasteiger partial charge on any atom is 0.188 e. The molecule has 0 saturated carbocycles. The van der Waals surface area contributed by atoms with Gasteiger partial charge in [-0.2, -0.15) is 0 Å². The quantitative estimate of drug-likeness (QED) is 0.602. The number of ether oxygens (including phenoxy) is 2. The Bertz CT molecular complexity index is 709. The maximum absolute atomic E-state index is 12.2. The van der Waals surface area contributed by atoms with Gasteiger partial charge >= 0.3 is 0 Å². The molecule has 0 unspecified atom stereocenters. The number of hydrogen-bond acceptors (Lipinski definition) is 4. The molecule has 4 nitrogen and oxygen atoms in total. The van der Waals surface area contributed by atoms with Crippen LogP contribution >= 0.6 is 23.2 Å². The average molecular weight is 338 g/mol. The number of pyridine rings is 1. The Labute approximate surface area is 138 Å². The van der Waals surface area contributed by atoms with Crippen LogP contribution in [-0.4, -0.2) is 25.0 Å². The predicted octanol–water partition coefficient (Wildman–Crippen LogP) is 4.30. The van der Waals surface area contributed by atoms with Gasteiger partial charge in [0.2, 0.25) is 0 Å². The van der Waals surface area contributed by atoms with Gasteiger partial charge in [-0.3, -0.25) is 9.78 Å². The molecule has 1 heterocycles. The molecule has 0 fully saturated rings. The summed E-state index contributed by atoms with van der Waals surface area (Å²) in [6, 6.07) is 6.57. The summed E-state index contributed by atoms with van der Waals surface area (Å²) in [6.07, 6.45) is 4.44. The van der Waals surface area contributed by atoms with Gasteiger partial charge in [0.25, 0.3) is 0 Å². The minimum atomic E-state index is -0.299. The fraction of sp³-hybridized carbons (Fsp3) is 0.125. The highest BCUT2D eigenvalue weighted by atomic mass is 35.5. The third-order valence-corrected chi connectivity index (χ3v) is 3.54. The van der Waals surface area contributed by atoms with Crippen molar-refractivity contribution in [1.82, 2.24) is 4.98 Å². The lowest BCUT2D eigenvalue weighted by atomic mass is 10.1. The van der Waals surface area contributed by atoms with Gasteiger partial charge in [-0.15, -0.1) is 0 Å². The predicted molar refractivity (Wildman–Crippen MR) is 87.2 cm³/mol. The van der Waals surface area contributed by atoms with Crippen molar-refractivity contribution in [3.63, 3.8) is 0 Å². The second-order valence-electron chi connectivity index (χ2n) is 4.26. The van der Waals surface area contributed by atoms with Crippen LogP contribution in [0.3, 0.4) is 0 Å². The Hall–Kier alpha value is -2.04. The van der Waals surface area contributed by atoms with Gasteiger partial charge in [-0.1, -0.05) is 29.3 Å². The molecule has 0 aliphatic heterocycles. The van der Waals surface area contributed by atoms with Crippen LogP contribution in [0.25, 0.3) is 6.08 Å². The molecule has 6 heteroatoms. The van der Waals surface area contributed by atoms with Crippen LogP contribution in [0.2, 0.25) is 10.0 Å². The number of carbonyl (C=O) groups is 1. The Balaban J connectivity index is 2.27. The van der Waals surface area contributed by atoms with Crippen molar-refractivity contribution in [2.75, 3.05) is 14.2 Å². The minimum Gasteiger partial charge on any atom is -0.493 e. The minimum absolute atomic E-state index is 0.266. The molecule has 0 aliphatic carbocycles. The number of nitrogens with zero attached hydrogens (tertiary/aromatic N) is 1. The van der Waals surface area contributed by atoms with Gasteiger partial charge in [-0.05, 0) is 24.3 Å². The molecule has 0 radical (unpaired) electrons. The number of ketones is 1. The molecular formula is C16H13Cl2NO3. The largest absolute Gasteiger partial charge is 0.493 e. The van der Waals surface area contributed by atoms with E-state index < -0.39 is 0 Å². The smallest absolute Gasteiger partial charge is 0.188 e. The molecule has 0 N–H and O–H groups in total. The SMILES string of the molecule is COc1cnc(/C=C/C(=O)c2c(Cl)cccc2Cl)cc1OC. The Kier molecular flexibility index (Phi) is 5.41. The first-order valence-corrected chi connectivity index (χ1v) is 7.07. The van der Waals surface area contributed by atoms with Crippen molar-refractivity contribution < 1.29 is 14.3 Å². The van der Waals surface area contributed by atoms with E-state index in [9.17, 15) is 4.79 Å². The number of carbonyl (C=O) groups excluding carboxylic acids is 1. The van der Waals surface area contributed by atoms with E-state index in [-0.39, 0.29) is 11.3 Å². The van der Waals surface area contributed by atoms with Crippen LogP contribution < -0.4 is 9.47 Å². The summed E-state index contributed by atoms with van der Waals surface area (Å²) in [6.45, 7) is 0. The molecule has 0 aliphatic rings. The standard InChI is InChI=1S/C16H13Cl2NO3/c1-21-14-8-10(19-9-15(14)22-2)6-7-13(20)16-11(17)4-3-5-12(16)18/h3-9H,1-2H3/b7-6+. The van der Waals surface area contributed by atoms with E-state index in [2.05, 4.69) is 4.98 Å².